The molecule has 0 aliphatic carbocycles. The minimum absolute atomic E-state index is 0.178. The lowest BCUT2D eigenvalue weighted by atomic mass is 10.2. The Kier molecular flexibility index (Phi) is 4.31. The Labute approximate surface area is 146 Å². The number of benzene rings is 1. The molecule has 1 atom stereocenters. The first-order valence-corrected chi connectivity index (χ1v) is 8.74. The van der Waals surface area contributed by atoms with E-state index in [1.807, 2.05) is 35.0 Å². The molecule has 0 bridgehead atoms. The van der Waals surface area contributed by atoms with Gasteiger partial charge in [-0.25, -0.2) is 9.67 Å². The number of nitrogens with zero attached hydrogens (tertiary/aromatic N) is 6. The summed E-state index contributed by atoms with van der Waals surface area (Å²) >= 11 is 0. The zero-order valence-electron chi connectivity index (χ0n) is 14.5. The third-order valence-electron chi connectivity index (χ3n) is 4.58. The Morgan fingerprint density at radius 2 is 2.08 bits per heavy atom. The van der Waals surface area contributed by atoms with Gasteiger partial charge in [0.1, 0.15) is 12.2 Å². The highest BCUT2D eigenvalue weighted by Crippen LogP contribution is 2.32. The summed E-state index contributed by atoms with van der Waals surface area (Å²) in [7, 11) is 0. The Balaban J connectivity index is 1.55. The molecule has 7 heteroatoms. The minimum atomic E-state index is 0.178. The quantitative estimate of drug-likeness (QED) is 0.712. The maximum Gasteiger partial charge on any atom is 0.229 e. The van der Waals surface area contributed by atoms with Gasteiger partial charge in [-0.3, -0.25) is 4.90 Å². The van der Waals surface area contributed by atoms with Crippen molar-refractivity contribution in [3.63, 3.8) is 0 Å². The van der Waals surface area contributed by atoms with E-state index in [0.717, 1.165) is 36.7 Å². The van der Waals surface area contributed by atoms with Crippen LogP contribution in [-0.4, -0.2) is 36.3 Å². The van der Waals surface area contributed by atoms with E-state index < -0.39 is 0 Å². The summed E-state index contributed by atoms with van der Waals surface area (Å²) in [6.07, 6.45) is 3.77. The zero-order chi connectivity index (χ0) is 17.2. The standard InChI is InChI=1S/C18H22N6O/c1-13(2)18-21-17(22-25-18)15-9-6-10-23(15)11-16-19-12-20-24(16)14-7-4-3-5-8-14/h3-5,7-8,12-13,15H,6,9-11H2,1-2H3. The Hall–Kier alpha value is -2.54. The Morgan fingerprint density at radius 3 is 2.84 bits per heavy atom. The molecule has 1 saturated heterocycles. The first kappa shape index (κ1) is 16.0. The predicted octanol–water partition coefficient (Wildman–Crippen LogP) is 3.11. The molecule has 130 valence electrons. The lowest BCUT2D eigenvalue weighted by Gasteiger charge is -2.21. The highest BCUT2D eigenvalue weighted by molar-refractivity contribution is 5.30. The molecule has 0 amide bonds. The summed E-state index contributed by atoms with van der Waals surface area (Å²) in [5.74, 6) is 2.66. The lowest BCUT2D eigenvalue weighted by molar-refractivity contribution is 0.226. The van der Waals surface area contributed by atoms with Gasteiger partial charge in [-0.2, -0.15) is 10.1 Å². The van der Waals surface area contributed by atoms with E-state index >= 15 is 0 Å². The van der Waals surface area contributed by atoms with Gasteiger partial charge in [0, 0.05) is 5.92 Å². The van der Waals surface area contributed by atoms with Crippen molar-refractivity contribution in [2.24, 2.45) is 0 Å². The van der Waals surface area contributed by atoms with Crippen molar-refractivity contribution >= 4 is 0 Å². The van der Waals surface area contributed by atoms with Gasteiger partial charge < -0.3 is 4.52 Å². The maximum absolute atomic E-state index is 5.39. The average Bonchev–Trinajstić information content (AvgIpc) is 3.36. The second-order valence-corrected chi connectivity index (χ2v) is 6.70. The SMILES string of the molecule is CC(C)c1nc(C2CCCN2Cc2ncnn2-c2ccccc2)no1. The van der Waals surface area contributed by atoms with E-state index in [4.69, 9.17) is 4.52 Å². The van der Waals surface area contributed by atoms with Crippen LogP contribution < -0.4 is 0 Å². The third-order valence-corrected chi connectivity index (χ3v) is 4.58. The van der Waals surface area contributed by atoms with Gasteiger partial charge >= 0.3 is 0 Å². The van der Waals surface area contributed by atoms with Crippen LogP contribution in [0.3, 0.4) is 0 Å². The van der Waals surface area contributed by atoms with Gasteiger partial charge in [0.25, 0.3) is 0 Å². The van der Waals surface area contributed by atoms with E-state index in [-0.39, 0.29) is 12.0 Å². The number of likely N-dealkylation sites (tertiary alicyclic amines) is 1. The van der Waals surface area contributed by atoms with E-state index in [1.165, 1.54) is 0 Å². The minimum Gasteiger partial charge on any atom is -0.339 e. The molecule has 25 heavy (non-hydrogen) atoms. The third kappa shape index (κ3) is 3.19. The molecule has 4 rings (SSSR count). The Bertz CT molecular complexity index is 825. The van der Waals surface area contributed by atoms with E-state index in [0.29, 0.717) is 12.4 Å². The van der Waals surface area contributed by atoms with Crippen LogP contribution in [0.2, 0.25) is 0 Å². The summed E-state index contributed by atoms with van der Waals surface area (Å²) in [6, 6.07) is 10.3. The fourth-order valence-electron chi connectivity index (χ4n) is 3.26. The van der Waals surface area contributed by atoms with Crippen LogP contribution in [-0.2, 0) is 6.54 Å². The van der Waals surface area contributed by atoms with Gasteiger partial charge in [-0.05, 0) is 31.5 Å². The van der Waals surface area contributed by atoms with E-state index in [2.05, 4.69) is 39.0 Å². The van der Waals surface area contributed by atoms with Gasteiger partial charge in [0.15, 0.2) is 5.82 Å². The van der Waals surface area contributed by atoms with Crippen molar-refractivity contribution in [3.8, 4) is 5.69 Å². The number of aromatic nitrogens is 5. The molecule has 0 spiro atoms. The zero-order valence-corrected chi connectivity index (χ0v) is 14.5. The molecule has 1 aliphatic heterocycles. The first-order chi connectivity index (χ1) is 12.2. The van der Waals surface area contributed by atoms with Crippen LogP contribution >= 0.6 is 0 Å². The van der Waals surface area contributed by atoms with E-state index in [9.17, 15) is 0 Å². The fourth-order valence-corrected chi connectivity index (χ4v) is 3.26. The van der Waals surface area contributed by atoms with Crippen LogP contribution in [0.1, 0.15) is 56.2 Å². The van der Waals surface area contributed by atoms with Crippen molar-refractivity contribution < 1.29 is 4.52 Å². The second kappa shape index (κ2) is 6.76. The van der Waals surface area contributed by atoms with Crippen molar-refractivity contribution in [2.45, 2.75) is 45.2 Å². The number of hydrogen-bond donors (Lipinski definition) is 0. The monoisotopic (exact) mass is 338 g/mol. The van der Waals surface area contributed by atoms with Gasteiger partial charge in [-0.15, -0.1) is 0 Å². The molecule has 1 aliphatic rings. The van der Waals surface area contributed by atoms with Crippen LogP contribution in [0.4, 0.5) is 0 Å². The van der Waals surface area contributed by atoms with Gasteiger partial charge in [-0.1, -0.05) is 37.2 Å². The lowest BCUT2D eigenvalue weighted by Crippen LogP contribution is -2.25. The van der Waals surface area contributed by atoms with Crippen LogP contribution in [0, 0.1) is 0 Å². The maximum atomic E-state index is 5.39. The second-order valence-electron chi connectivity index (χ2n) is 6.70. The molecule has 1 aromatic carbocycles. The van der Waals surface area contributed by atoms with Crippen molar-refractivity contribution in [1.29, 1.82) is 0 Å². The molecule has 2 aromatic heterocycles. The number of para-hydroxylation sites is 1. The molecule has 7 nitrogen and oxygen atoms in total. The molecule has 3 heterocycles. The van der Waals surface area contributed by atoms with Gasteiger partial charge in [0.05, 0.1) is 18.3 Å². The van der Waals surface area contributed by atoms with Crippen LogP contribution in [0.25, 0.3) is 5.69 Å². The van der Waals surface area contributed by atoms with E-state index in [1.54, 1.807) is 6.33 Å². The summed E-state index contributed by atoms with van der Waals surface area (Å²) < 4.78 is 7.29. The van der Waals surface area contributed by atoms with Gasteiger partial charge in [0.2, 0.25) is 5.89 Å². The highest BCUT2D eigenvalue weighted by Gasteiger charge is 2.31. The Morgan fingerprint density at radius 1 is 1.24 bits per heavy atom. The normalized spacial score (nSPS) is 18.3. The van der Waals surface area contributed by atoms with Crippen molar-refractivity contribution in [2.75, 3.05) is 6.54 Å². The van der Waals surface area contributed by atoms with Crippen LogP contribution in [0.5, 0.6) is 0 Å². The number of hydrogen-bond acceptors (Lipinski definition) is 6. The molecular formula is C18H22N6O. The van der Waals surface area contributed by atoms with Crippen molar-refractivity contribution in [3.05, 3.63) is 54.2 Å². The molecule has 0 saturated carbocycles. The predicted molar refractivity (Wildman–Crippen MR) is 92.1 cm³/mol. The largest absolute Gasteiger partial charge is 0.339 e. The summed E-state index contributed by atoms with van der Waals surface area (Å²) in [4.78, 5) is 11.4. The average molecular weight is 338 g/mol. The number of rotatable bonds is 5. The highest BCUT2D eigenvalue weighted by atomic mass is 16.5. The topological polar surface area (TPSA) is 72.9 Å². The molecular weight excluding hydrogens is 316 g/mol. The smallest absolute Gasteiger partial charge is 0.229 e. The summed E-state index contributed by atoms with van der Waals surface area (Å²) in [6.45, 7) is 5.83. The molecule has 3 aromatic rings. The molecule has 1 fully saturated rings. The molecule has 0 radical (unpaired) electrons. The van der Waals surface area contributed by atoms with Crippen LogP contribution in [0.15, 0.2) is 41.2 Å². The summed E-state index contributed by atoms with van der Waals surface area (Å²) in [5.41, 5.74) is 1.02. The fraction of sp³-hybridized carbons (Fsp3) is 0.444. The molecule has 0 N–H and O–H groups in total. The molecule has 1 unspecified atom stereocenters. The first-order valence-electron chi connectivity index (χ1n) is 8.74. The summed E-state index contributed by atoms with van der Waals surface area (Å²) in [5, 5.41) is 8.59. The van der Waals surface area contributed by atoms with Crippen molar-refractivity contribution in [1.82, 2.24) is 29.8 Å².